The third-order valence-corrected chi connectivity index (χ3v) is 3.24. The van der Waals surface area contributed by atoms with E-state index in [1.165, 1.54) is 18.2 Å². The summed E-state index contributed by atoms with van der Waals surface area (Å²) in [4.78, 5) is 14.2. The minimum absolute atomic E-state index is 0.0177. The molecule has 5 nitrogen and oxygen atoms in total. The van der Waals surface area contributed by atoms with Gasteiger partial charge in [0.2, 0.25) is 0 Å². The van der Waals surface area contributed by atoms with E-state index in [2.05, 4.69) is 0 Å². The number of anilines is 2. The van der Waals surface area contributed by atoms with Crippen LogP contribution >= 0.6 is 0 Å². The molecule has 0 atom stereocenters. The zero-order chi connectivity index (χ0) is 14.1. The van der Waals surface area contributed by atoms with E-state index in [4.69, 9.17) is 10.5 Å². The van der Waals surface area contributed by atoms with E-state index in [1.54, 1.807) is 4.90 Å². The number of hydrogen-bond donors (Lipinski definition) is 2. The van der Waals surface area contributed by atoms with E-state index in [9.17, 15) is 9.90 Å². The Kier molecular flexibility index (Phi) is 2.95. The van der Waals surface area contributed by atoms with Crippen LogP contribution in [0, 0.1) is 0 Å². The van der Waals surface area contributed by atoms with Crippen LogP contribution in [0.3, 0.4) is 0 Å². The lowest BCUT2D eigenvalue weighted by atomic mass is 10.1. The average Bonchev–Trinajstić information content (AvgIpc) is 2.48. The number of phenols is 1. The normalized spacial score (nSPS) is 13.5. The molecule has 1 aliphatic heterocycles. The highest BCUT2D eigenvalue weighted by Crippen LogP contribution is 2.33. The summed E-state index contributed by atoms with van der Waals surface area (Å²) in [5.74, 6) is 0.448. The van der Waals surface area contributed by atoms with Gasteiger partial charge in [-0.2, -0.15) is 0 Å². The molecule has 0 aliphatic carbocycles. The maximum absolute atomic E-state index is 12.6. The first-order valence-corrected chi connectivity index (χ1v) is 6.29. The van der Waals surface area contributed by atoms with Crippen LogP contribution in [-0.4, -0.2) is 24.2 Å². The number of para-hydroxylation sites is 2. The molecule has 3 N–H and O–H groups in total. The lowest BCUT2D eigenvalue weighted by molar-refractivity contribution is 0.0977. The van der Waals surface area contributed by atoms with Crippen LogP contribution in [0.15, 0.2) is 42.5 Å². The monoisotopic (exact) mass is 270 g/mol. The first-order valence-electron chi connectivity index (χ1n) is 6.29. The van der Waals surface area contributed by atoms with Crippen molar-refractivity contribution in [1.82, 2.24) is 0 Å². The molecule has 0 unspecified atom stereocenters. The Morgan fingerprint density at radius 3 is 2.90 bits per heavy atom. The van der Waals surface area contributed by atoms with Gasteiger partial charge in [-0.25, -0.2) is 0 Å². The van der Waals surface area contributed by atoms with Crippen molar-refractivity contribution in [3.05, 3.63) is 48.0 Å². The molecule has 1 amide bonds. The summed E-state index contributed by atoms with van der Waals surface area (Å²) >= 11 is 0. The van der Waals surface area contributed by atoms with Gasteiger partial charge in [-0.15, -0.1) is 0 Å². The highest BCUT2D eigenvalue weighted by molar-refractivity contribution is 6.10. The predicted molar refractivity (Wildman–Crippen MR) is 76.1 cm³/mol. The van der Waals surface area contributed by atoms with Gasteiger partial charge in [0, 0.05) is 5.69 Å². The second-order valence-electron chi connectivity index (χ2n) is 4.54. The predicted octanol–water partition coefficient (Wildman–Crippen LogP) is 2.01. The maximum Gasteiger partial charge on any atom is 0.260 e. The molecule has 102 valence electrons. The second-order valence-corrected chi connectivity index (χ2v) is 4.54. The molecule has 0 fully saturated rings. The standard InChI is InChI=1S/C15H14N2O3/c16-12-6-5-10(18)9-11(12)15(19)17-7-8-20-14-4-2-1-3-13(14)17/h1-6,9,18H,7-8,16H2. The Labute approximate surface area is 116 Å². The van der Waals surface area contributed by atoms with E-state index in [0.29, 0.717) is 35.8 Å². The number of aromatic hydroxyl groups is 1. The van der Waals surface area contributed by atoms with Gasteiger partial charge in [0.25, 0.3) is 5.91 Å². The number of hydrogen-bond acceptors (Lipinski definition) is 4. The summed E-state index contributed by atoms with van der Waals surface area (Å²) in [7, 11) is 0. The van der Waals surface area contributed by atoms with E-state index in [0.717, 1.165) is 0 Å². The van der Waals surface area contributed by atoms with Crippen LogP contribution in [0.5, 0.6) is 11.5 Å². The average molecular weight is 270 g/mol. The van der Waals surface area contributed by atoms with Crippen molar-refractivity contribution in [2.75, 3.05) is 23.8 Å². The molecule has 0 radical (unpaired) electrons. The van der Waals surface area contributed by atoms with Gasteiger partial charge < -0.3 is 20.5 Å². The number of ether oxygens (including phenoxy) is 1. The summed E-state index contributed by atoms with van der Waals surface area (Å²) < 4.78 is 5.52. The first-order chi connectivity index (χ1) is 9.66. The molecule has 0 aromatic heterocycles. The fourth-order valence-corrected chi connectivity index (χ4v) is 2.26. The molecule has 5 heteroatoms. The molecule has 0 saturated carbocycles. The van der Waals surface area contributed by atoms with Crippen LogP contribution in [0.1, 0.15) is 10.4 Å². The molecular formula is C15H14N2O3. The molecule has 1 aliphatic rings. The quantitative estimate of drug-likeness (QED) is 0.614. The van der Waals surface area contributed by atoms with Crippen molar-refractivity contribution in [2.45, 2.75) is 0 Å². The lowest BCUT2D eigenvalue weighted by Gasteiger charge is -2.29. The third-order valence-electron chi connectivity index (χ3n) is 3.24. The number of nitrogens with two attached hydrogens (primary N) is 1. The first kappa shape index (κ1) is 12.3. The van der Waals surface area contributed by atoms with Crippen LogP contribution in [0.25, 0.3) is 0 Å². The van der Waals surface area contributed by atoms with Gasteiger partial charge in [-0.1, -0.05) is 12.1 Å². The van der Waals surface area contributed by atoms with Gasteiger partial charge in [0.05, 0.1) is 17.8 Å². The van der Waals surface area contributed by atoms with Crippen molar-refractivity contribution in [2.24, 2.45) is 0 Å². The van der Waals surface area contributed by atoms with E-state index in [1.807, 2.05) is 24.3 Å². The number of carbonyl (C=O) groups is 1. The molecule has 0 saturated heterocycles. The maximum atomic E-state index is 12.6. The van der Waals surface area contributed by atoms with Gasteiger partial charge in [0.15, 0.2) is 0 Å². The molecule has 2 aromatic rings. The van der Waals surface area contributed by atoms with Crippen molar-refractivity contribution in [3.8, 4) is 11.5 Å². The summed E-state index contributed by atoms with van der Waals surface area (Å²) in [6, 6.07) is 11.7. The van der Waals surface area contributed by atoms with Crippen molar-refractivity contribution >= 4 is 17.3 Å². The number of amides is 1. The van der Waals surface area contributed by atoms with Gasteiger partial charge in [-0.3, -0.25) is 4.79 Å². The highest BCUT2D eigenvalue weighted by atomic mass is 16.5. The van der Waals surface area contributed by atoms with Crippen molar-refractivity contribution in [3.63, 3.8) is 0 Å². The van der Waals surface area contributed by atoms with Crippen molar-refractivity contribution < 1.29 is 14.6 Å². The summed E-state index contributed by atoms with van der Waals surface area (Å²) in [6.07, 6.45) is 0. The Morgan fingerprint density at radius 2 is 2.05 bits per heavy atom. The van der Waals surface area contributed by atoms with Gasteiger partial charge in [0.1, 0.15) is 18.1 Å². The summed E-state index contributed by atoms with van der Waals surface area (Å²) in [6.45, 7) is 0.881. The highest BCUT2D eigenvalue weighted by Gasteiger charge is 2.25. The number of nitrogens with zero attached hydrogens (tertiary/aromatic N) is 1. The van der Waals surface area contributed by atoms with Crippen molar-refractivity contribution in [1.29, 1.82) is 0 Å². The molecule has 0 bridgehead atoms. The topological polar surface area (TPSA) is 75.8 Å². The fourth-order valence-electron chi connectivity index (χ4n) is 2.26. The Balaban J connectivity index is 2.02. The zero-order valence-corrected chi connectivity index (χ0v) is 10.7. The van der Waals surface area contributed by atoms with E-state index >= 15 is 0 Å². The molecule has 2 aromatic carbocycles. The molecular weight excluding hydrogens is 256 g/mol. The largest absolute Gasteiger partial charge is 0.508 e. The minimum Gasteiger partial charge on any atom is -0.508 e. The third kappa shape index (κ3) is 2.03. The molecule has 3 rings (SSSR count). The summed E-state index contributed by atoms with van der Waals surface area (Å²) in [5, 5.41) is 9.53. The number of rotatable bonds is 1. The van der Waals surface area contributed by atoms with Crippen LogP contribution < -0.4 is 15.4 Å². The minimum atomic E-state index is -0.242. The number of fused-ring (bicyclic) bond motifs is 1. The molecule has 1 heterocycles. The van der Waals surface area contributed by atoms with E-state index in [-0.39, 0.29) is 11.7 Å². The number of benzene rings is 2. The Hall–Kier alpha value is -2.69. The Bertz CT molecular complexity index is 670. The fraction of sp³-hybridized carbons (Fsp3) is 0.133. The number of carbonyl (C=O) groups excluding carboxylic acids is 1. The molecule has 20 heavy (non-hydrogen) atoms. The zero-order valence-electron chi connectivity index (χ0n) is 10.7. The van der Waals surface area contributed by atoms with Gasteiger partial charge >= 0.3 is 0 Å². The van der Waals surface area contributed by atoms with Crippen LogP contribution in [0.2, 0.25) is 0 Å². The number of nitrogen functional groups attached to an aromatic ring is 1. The van der Waals surface area contributed by atoms with E-state index < -0.39 is 0 Å². The Morgan fingerprint density at radius 1 is 1.25 bits per heavy atom. The molecule has 0 spiro atoms. The SMILES string of the molecule is Nc1ccc(O)cc1C(=O)N1CCOc2ccccc21. The van der Waals surface area contributed by atoms with Gasteiger partial charge in [-0.05, 0) is 30.3 Å². The van der Waals surface area contributed by atoms with Crippen LogP contribution in [0.4, 0.5) is 11.4 Å². The second kappa shape index (κ2) is 4.77. The number of phenolic OH excluding ortho intramolecular Hbond substituents is 1. The summed E-state index contributed by atoms with van der Waals surface area (Å²) in [5.41, 5.74) is 7.18. The van der Waals surface area contributed by atoms with Crippen LogP contribution in [-0.2, 0) is 0 Å². The lowest BCUT2D eigenvalue weighted by Crippen LogP contribution is -2.38. The smallest absolute Gasteiger partial charge is 0.260 e.